The van der Waals surface area contributed by atoms with Crippen LogP contribution in [0.2, 0.25) is 0 Å². The number of rotatable bonds is 5. The molecule has 200 valence electrons. The van der Waals surface area contributed by atoms with Gasteiger partial charge in [-0.1, -0.05) is 0 Å². The number of morpholine rings is 1. The number of H-pyrrole nitrogens is 1. The van der Waals surface area contributed by atoms with Crippen molar-refractivity contribution in [3.8, 4) is 11.6 Å². The van der Waals surface area contributed by atoms with Crippen molar-refractivity contribution < 1.29 is 19.4 Å². The van der Waals surface area contributed by atoms with Gasteiger partial charge in [0.2, 0.25) is 5.88 Å². The van der Waals surface area contributed by atoms with Crippen molar-refractivity contribution in [2.75, 3.05) is 24.3 Å². The smallest absolute Gasteiger partial charge is 0.260 e. The zero-order valence-corrected chi connectivity index (χ0v) is 21.8. The van der Waals surface area contributed by atoms with Crippen LogP contribution in [0, 0.1) is 0 Å². The Kier molecular flexibility index (Phi) is 5.78. The Morgan fingerprint density at radius 3 is 2.92 bits per heavy atom. The zero-order valence-electron chi connectivity index (χ0n) is 21.0. The lowest BCUT2D eigenvalue weighted by Crippen LogP contribution is -2.58. The quantitative estimate of drug-likeness (QED) is 0.287. The molecule has 0 bridgehead atoms. The third kappa shape index (κ3) is 4.25. The first kappa shape index (κ1) is 24.8. The van der Waals surface area contributed by atoms with Gasteiger partial charge in [-0.2, -0.15) is 9.47 Å². The van der Waals surface area contributed by atoms with Crippen molar-refractivity contribution >= 4 is 50.1 Å². The lowest BCUT2D eigenvalue weighted by Gasteiger charge is -2.42. The fourth-order valence-electron chi connectivity index (χ4n) is 4.55. The molecule has 6 rings (SSSR count). The number of ether oxygens (including phenoxy) is 2. The van der Waals surface area contributed by atoms with E-state index in [4.69, 9.17) is 15.2 Å². The predicted octanol–water partition coefficient (Wildman–Crippen LogP) is 1.34. The number of hydrogen-bond acceptors (Lipinski definition) is 12. The van der Waals surface area contributed by atoms with Crippen LogP contribution in [0.3, 0.4) is 0 Å². The molecule has 0 unspecified atom stereocenters. The van der Waals surface area contributed by atoms with Crippen LogP contribution in [-0.4, -0.2) is 70.7 Å². The van der Waals surface area contributed by atoms with Crippen molar-refractivity contribution in [3.05, 3.63) is 52.8 Å². The zero-order chi connectivity index (χ0) is 27.5. The molecule has 1 aliphatic rings. The van der Waals surface area contributed by atoms with Crippen LogP contribution in [0.1, 0.15) is 25.8 Å². The molecule has 4 aromatic heterocycles. The highest BCUT2D eigenvalue weighted by Gasteiger charge is 2.45. The normalized spacial score (nSPS) is 18.1. The molecule has 5 aromatic rings. The molecule has 1 aliphatic heterocycles. The van der Waals surface area contributed by atoms with E-state index in [-0.39, 0.29) is 12.4 Å². The van der Waals surface area contributed by atoms with E-state index in [1.54, 1.807) is 44.3 Å². The maximum absolute atomic E-state index is 13.6. The average molecular weight is 550 g/mol. The Labute approximate surface area is 224 Å². The van der Waals surface area contributed by atoms with Gasteiger partial charge in [0.05, 0.1) is 46.7 Å². The van der Waals surface area contributed by atoms with Gasteiger partial charge in [0.1, 0.15) is 17.7 Å². The fraction of sp³-hybridized carbons (Fsp3) is 0.292. The van der Waals surface area contributed by atoms with Crippen LogP contribution >= 0.6 is 11.5 Å². The average Bonchev–Trinajstić information content (AvgIpc) is 3.56. The summed E-state index contributed by atoms with van der Waals surface area (Å²) in [6.07, 6.45) is 0.259. The number of hydrogen-bond donors (Lipinski definition) is 3. The van der Waals surface area contributed by atoms with Crippen molar-refractivity contribution in [1.29, 1.82) is 0 Å². The number of carbonyl (C=O) groups is 1. The predicted molar refractivity (Wildman–Crippen MR) is 142 cm³/mol. The van der Waals surface area contributed by atoms with E-state index in [1.165, 1.54) is 22.9 Å². The molecule has 4 N–H and O–H groups in total. The van der Waals surface area contributed by atoms with Crippen LogP contribution in [-0.2, 0) is 9.53 Å². The monoisotopic (exact) mass is 549 g/mol. The third-order valence-electron chi connectivity index (χ3n) is 6.36. The topological polar surface area (TPSA) is 187 Å². The number of anilines is 2. The van der Waals surface area contributed by atoms with Gasteiger partial charge in [0, 0.05) is 23.7 Å². The van der Waals surface area contributed by atoms with E-state index in [0.717, 1.165) is 11.5 Å². The van der Waals surface area contributed by atoms with Gasteiger partial charge in [-0.05, 0) is 37.5 Å². The molecule has 5 heterocycles. The lowest BCUT2D eigenvalue weighted by molar-refractivity contribution is -0.166. The number of methoxy groups -OCH3 is 1. The molecule has 0 spiro atoms. The number of nitrogens with zero attached hydrogens (tertiary/aromatic N) is 7. The van der Waals surface area contributed by atoms with E-state index in [2.05, 4.69) is 29.6 Å². The minimum Gasteiger partial charge on any atom is -0.480 e. The van der Waals surface area contributed by atoms with E-state index in [0.29, 0.717) is 44.2 Å². The first-order valence-electron chi connectivity index (χ1n) is 11.8. The van der Waals surface area contributed by atoms with Crippen LogP contribution in [0.5, 0.6) is 5.88 Å². The van der Waals surface area contributed by atoms with Crippen molar-refractivity contribution in [2.45, 2.75) is 31.7 Å². The molecule has 39 heavy (non-hydrogen) atoms. The number of nitrogens with two attached hydrogens (primary N) is 1. The number of fused-ring (bicyclic) bond motifs is 3. The Morgan fingerprint density at radius 2 is 2.13 bits per heavy atom. The number of aliphatic hydroxyl groups excluding tert-OH is 1. The summed E-state index contributed by atoms with van der Waals surface area (Å²) in [4.78, 5) is 35.2. The summed E-state index contributed by atoms with van der Waals surface area (Å²) in [5.74, 6) is 0.347. The molecule has 1 aromatic carbocycles. The third-order valence-corrected chi connectivity index (χ3v) is 7.26. The summed E-state index contributed by atoms with van der Waals surface area (Å²) in [7, 11) is 1.48. The second kappa shape index (κ2) is 9.07. The minimum absolute atomic E-state index is 0.0965. The van der Waals surface area contributed by atoms with E-state index in [1.807, 2.05) is 0 Å². The van der Waals surface area contributed by atoms with Crippen molar-refractivity contribution in [3.63, 3.8) is 0 Å². The standard InChI is InChI=1S/C24H23N9O5S/c1-24(2)10-32(14-6-7-33(30-14)11-8-15(37-3)29-26-9-11)23(36)18(38-24)17(34)21-27-13-5-4-12-19(39-31-20(12)25)16(13)22(35)28-21/h4-9,17-18,34H,10H2,1-3H3,(H2,25,31)(H,27,28,35)/t17-,18-/m1/s1. The molecular formula is C24H23N9O5S. The van der Waals surface area contributed by atoms with Crippen LogP contribution in [0.25, 0.3) is 26.7 Å². The highest BCUT2D eigenvalue weighted by Crippen LogP contribution is 2.33. The van der Waals surface area contributed by atoms with Crippen LogP contribution in [0.15, 0.2) is 41.5 Å². The Balaban J connectivity index is 1.34. The molecule has 14 nitrogen and oxygen atoms in total. The number of nitrogens with one attached hydrogen (secondary N) is 1. The summed E-state index contributed by atoms with van der Waals surface area (Å²) in [5.41, 5.74) is 5.47. The van der Waals surface area contributed by atoms with Gasteiger partial charge >= 0.3 is 0 Å². The van der Waals surface area contributed by atoms with Gasteiger partial charge < -0.3 is 25.3 Å². The summed E-state index contributed by atoms with van der Waals surface area (Å²) < 4.78 is 17.4. The molecule has 1 saturated heterocycles. The highest BCUT2D eigenvalue weighted by atomic mass is 32.1. The SMILES string of the molecule is COc1cc(-n2ccc(N3CC(C)(C)O[C@H]([C@@H](O)c4nc5ccc6c(N)nsc6c5c(=O)[nH]4)C3=O)n2)cnn1. The molecule has 0 saturated carbocycles. The number of aliphatic hydroxyl groups is 1. The summed E-state index contributed by atoms with van der Waals surface area (Å²) >= 11 is 1.09. The number of carbonyl (C=O) groups excluding carboxylic acids is 1. The number of aromatic amines is 1. The Morgan fingerprint density at radius 1 is 1.31 bits per heavy atom. The molecule has 1 amide bonds. The van der Waals surface area contributed by atoms with Crippen LogP contribution < -0.4 is 20.9 Å². The van der Waals surface area contributed by atoms with Crippen molar-refractivity contribution in [1.82, 2.24) is 34.3 Å². The summed E-state index contributed by atoms with van der Waals surface area (Å²) in [5, 5.41) is 24.5. The Bertz CT molecular complexity index is 1800. The second-order valence-electron chi connectivity index (χ2n) is 9.60. The maximum Gasteiger partial charge on any atom is 0.260 e. The van der Waals surface area contributed by atoms with Gasteiger partial charge in [0.15, 0.2) is 11.9 Å². The fourth-order valence-corrected chi connectivity index (χ4v) is 5.39. The first-order valence-corrected chi connectivity index (χ1v) is 12.6. The van der Waals surface area contributed by atoms with E-state index < -0.39 is 29.3 Å². The molecule has 2 atom stereocenters. The Hall–Kier alpha value is -4.47. The highest BCUT2D eigenvalue weighted by molar-refractivity contribution is 7.14. The number of nitrogen functional groups attached to an aromatic ring is 1. The molecule has 15 heteroatoms. The molecular weight excluding hydrogens is 526 g/mol. The molecule has 1 fully saturated rings. The van der Waals surface area contributed by atoms with Crippen molar-refractivity contribution in [2.24, 2.45) is 0 Å². The minimum atomic E-state index is -1.56. The van der Waals surface area contributed by atoms with Gasteiger partial charge in [-0.25, -0.2) is 9.67 Å². The molecule has 0 aliphatic carbocycles. The van der Waals surface area contributed by atoms with Gasteiger partial charge in [-0.3, -0.25) is 14.5 Å². The first-order chi connectivity index (χ1) is 18.6. The summed E-state index contributed by atoms with van der Waals surface area (Å²) in [6, 6.07) is 6.66. The molecule has 0 radical (unpaired) electrons. The summed E-state index contributed by atoms with van der Waals surface area (Å²) in [6.45, 7) is 3.76. The second-order valence-corrected chi connectivity index (χ2v) is 10.4. The maximum atomic E-state index is 13.6. The number of aromatic nitrogens is 7. The lowest BCUT2D eigenvalue weighted by atomic mass is 10.0. The van der Waals surface area contributed by atoms with Gasteiger partial charge in [-0.15, -0.1) is 10.2 Å². The van der Waals surface area contributed by atoms with E-state index in [9.17, 15) is 14.7 Å². The van der Waals surface area contributed by atoms with Gasteiger partial charge in [0.25, 0.3) is 11.5 Å². The largest absolute Gasteiger partial charge is 0.480 e. The number of benzene rings is 1. The number of amides is 1. The van der Waals surface area contributed by atoms with E-state index >= 15 is 0 Å². The van der Waals surface area contributed by atoms with Crippen LogP contribution in [0.4, 0.5) is 11.6 Å².